The molecule has 88 valence electrons. The van der Waals surface area contributed by atoms with Gasteiger partial charge in [-0.1, -0.05) is 28.1 Å². The van der Waals surface area contributed by atoms with Crippen LogP contribution in [0.5, 0.6) is 0 Å². The molecule has 0 N–H and O–H groups in total. The van der Waals surface area contributed by atoms with Gasteiger partial charge in [0.05, 0.1) is 12.1 Å². The molecule has 4 heteroatoms. The van der Waals surface area contributed by atoms with Crippen LogP contribution in [0.2, 0.25) is 0 Å². The number of carbonyl (C=O) groups excluding carboxylic acids is 1. The maximum atomic E-state index is 12.0. The van der Waals surface area contributed by atoms with Crippen LogP contribution in [0.1, 0.15) is 25.9 Å². The number of thiazole rings is 1. The molecule has 0 aliphatic rings. The zero-order valence-electron chi connectivity index (χ0n) is 9.66. The third-order valence-electron chi connectivity index (χ3n) is 2.53. The molecule has 0 bridgehead atoms. The summed E-state index contributed by atoms with van der Waals surface area (Å²) in [7, 11) is 0. The average molecular weight is 310 g/mol. The van der Waals surface area contributed by atoms with E-state index in [1.807, 2.05) is 38.1 Å². The molecular weight excluding hydrogens is 298 g/mol. The van der Waals surface area contributed by atoms with Gasteiger partial charge in [-0.25, -0.2) is 4.98 Å². The standard InChI is InChI=1S/C13H12BrNOS/c1-8-9(2)17-13(15-8)7-12(16)10-4-3-5-11(14)6-10/h3-6H,7H2,1-2H3. The molecule has 1 aromatic carbocycles. The van der Waals surface area contributed by atoms with E-state index in [9.17, 15) is 4.79 Å². The summed E-state index contributed by atoms with van der Waals surface area (Å²) in [6.07, 6.45) is 0.385. The lowest BCUT2D eigenvalue weighted by Gasteiger charge is -1.99. The Morgan fingerprint density at radius 3 is 2.76 bits per heavy atom. The van der Waals surface area contributed by atoms with Gasteiger partial charge in [0.15, 0.2) is 5.78 Å². The fraction of sp³-hybridized carbons (Fsp3) is 0.231. The number of aryl methyl sites for hydroxylation is 2. The molecule has 0 radical (unpaired) electrons. The molecule has 2 nitrogen and oxygen atoms in total. The molecule has 2 rings (SSSR count). The van der Waals surface area contributed by atoms with Gasteiger partial charge in [-0.2, -0.15) is 0 Å². The molecule has 0 aliphatic carbocycles. The van der Waals surface area contributed by atoms with Crippen molar-refractivity contribution < 1.29 is 4.79 Å². The highest BCUT2D eigenvalue weighted by Gasteiger charge is 2.11. The smallest absolute Gasteiger partial charge is 0.169 e. The largest absolute Gasteiger partial charge is 0.294 e. The first-order valence-electron chi connectivity index (χ1n) is 5.28. The highest BCUT2D eigenvalue weighted by molar-refractivity contribution is 9.10. The predicted octanol–water partition coefficient (Wildman–Crippen LogP) is 3.95. The number of nitrogens with zero attached hydrogens (tertiary/aromatic N) is 1. The van der Waals surface area contributed by atoms with E-state index in [1.165, 1.54) is 4.88 Å². The fourth-order valence-corrected chi connectivity index (χ4v) is 2.85. The molecule has 0 saturated carbocycles. The first-order valence-corrected chi connectivity index (χ1v) is 6.89. The summed E-state index contributed by atoms with van der Waals surface area (Å²) < 4.78 is 0.926. The topological polar surface area (TPSA) is 30.0 Å². The lowest BCUT2D eigenvalue weighted by molar-refractivity contribution is 0.0993. The van der Waals surface area contributed by atoms with Gasteiger partial charge in [0.1, 0.15) is 5.01 Å². The quantitative estimate of drug-likeness (QED) is 0.804. The predicted molar refractivity (Wildman–Crippen MR) is 73.8 cm³/mol. The van der Waals surface area contributed by atoms with Gasteiger partial charge in [-0.05, 0) is 26.0 Å². The highest BCUT2D eigenvalue weighted by atomic mass is 79.9. The second-order valence-corrected chi connectivity index (χ2v) is 6.06. The van der Waals surface area contributed by atoms with Crippen LogP contribution in [0.3, 0.4) is 0 Å². The number of benzene rings is 1. The summed E-state index contributed by atoms with van der Waals surface area (Å²) in [5.41, 5.74) is 1.75. The first kappa shape index (κ1) is 12.5. The monoisotopic (exact) mass is 309 g/mol. The van der Waals surface area contributed by atoms with E-state index in [1.54, 1.807) is 11.3 Å². The van der Waals surface area contributed by atoms with Crippen molar-refractivity contribution in [3.8, 4) is 0 Å². The molecule has 0 fully saturated rings. The van der Waals surface area contributed by atoms with E-state index in [4.69, 9.17) is 0 Å². The molecular formula is C13H12BrNOS. The minimum atomic E-state index is 0.111. The van der Waals surface area contributed by atoms with Crippen LogP contribution in [0.25, 0.3) is 0 Å². The number of hydrogen-bond acceptors (Lipinski definition) is 3. The summed E-state index contributed by atoms with van der Waals surface area (Å²) >= 11 is 4.96. The molecule has 1 heterocycles. The van der Waals surface area contributed by atoms with Crippen LogP contribution < -0.4 is 0 Å². The molecule has 0 saturated heterocycles. The fourth-order valence-electron chi connectivity index (χ4n) is 1.52. The van der Waals surface area contributed by atoms with Crippen LogP contribution in [-0.2, 0) is 6.42 Å². The summed E-state index contributed by atoms with van der Waals surface area (Å²) in [5, 5.41) is 0.893. The molecule has 0 atom stereocenters. The normalized spacial score (nSPS) is 10.5. The van der Waals surface area contributed by atoms with Gasteiger partial charge >= 0.3 is 0 Å². The molecule has 2 aromatic rings. The minimum absolute atomic E-state index is 0.111. The summed E-state index contributed by atoms with van der Waals surface area (Å²) in [6, 6.07) is 7.46. The Hall–Kier alpha value is -1.000. The molecule has 0 unspecified atom stereocenters. The van der Waals surface area contributed by atoms with Crippen molar-refractivity contribution in [1.29, 1.82) is 0 Å². The maximum Gasteiger partial charge on any atom is 0.169 e. The Bertz CT molecular complexity index is 543. The van der Waals surface area contributed by atoms with Gasteiger partial charge in [-0.15, -0.1) is 11.3 Å². The van der Waals surface area contributed by atoms with Gasteiger partial charge in [0, 0.05) is 14.9 Å². The lowest BCUT2D eigenvalue weighted by atomic mass is 10.1. The van der Waals surface area contributed by atoms with Crippen molar-refractivity contribution in [2.75, 3.05) is 0 Å². The second kappa shape index (κ2) is 5.10. The second-order valence-electron chi connectivity index (χ2n) is 3.86. The summed E-state index contributed by atoms with van der Waals surface area (Å²) in [6.45, 7) is 4.00. The van der Waals surface area contributed by atoms with E-state index in [0.717, 1.165) is 20.7 Å². The van der Waals surface area contributed by atoms with E-state index in [2.05, 4.69) is 20.9 Å². The van der Waals surface area contributed by atoms with Gasteiger partial charge < -0.3 is 0 Å². The summed E-state index contributed by atoms with van der Waals surface area (Å²) in [5.74, 6) is 0.111. The van der Waals surface area contributed by atoms with Crippen molar-refractivity contribution in [3.05, 3.63) is 49.9 Å². The van der Waals surface area contributed by atoms with Crippen molar-refractivity contribution in [1.82, 2.24) is 4.98 Å². The van der Waals surface area contributed by atoms with E-state index in [0.29, 0.717) is 6.42 Å². The van der Waals surface area contributed by atoms with E-state index in [-0.39, 0.29) is 5.78 Å². The van der Waals surface area contributed by atoms with E-state index >= 15 is 0 Å². The number of Topliss-reactive ketones (excluding diaryl/α,β-unsaturated/α-hetero) is 1. The molecule has 17 heavy (non-hydrogen) atoms. The zero-order chi connectivity index (χ0) is 12.4. The number of aromatic nitrogens is 1. The first-order chi connectivity index (χ1) is 8.06. The molecule has 0 aliphatic heterocycles. The molecule has 1 aromatic heterocycles. The van der Waals surface area contributed by atoms with Gasteiger partial charge in [0.25, 0.3) is 0 Å². The van der Waals surface area contributed by atoms with Crippen LogP contribution in [-0.4, -0.2) is 10.8 Å². The van der Waals surface area contributed by atoms with Gasteiger partial charge in [-0.3, -0.25) is 4.79 Å². The van der Waals surface area contributed by atoms with Gasteiger partial charge in [0.2, 0.25) is 0 Å². The Labute approximate surface area is 113 Å². The Morgan fingerprint density at radius 2 is 2.18 bits per heavy atom. The Balaban J connectivity index is 2.17. The van der Waals surface area contributed by atoms with Crippen LogP contribution >= 0.6 is 27.3 Å². The zero-order valence-corrected chi connectivity index (χ0v) is 12.1. The average Bonchev–Trinajstić information content (AvgIpc) is 2.58. The van der Waals surface area contributed by atoms with Crippen LogP contribution in [0, 0.1) is 13.8 Å². The maximum absolute atomic E-state index is 12.0. The third-order valence-corrected chi connectivity index (χ3v) is 4.10. The Kier molecular flexibility index (Phi) is 3.74. The number of hydrogen-bond donors (Lipinski definition) is 0. The van der Waals surface area contributed by atoms with Crippen LogP contribution in [0.15, 0.2) is 28.7 Å². The van der Waals surface area contributed by atoms with Crippen molar-refractivity contribution in [2.24, 2.45) is 0 Å². The SMILES string of the molecule is Cc1nc(CC(=O)c2cccc(Br)c2)sc1C. The molecule has 0 amide bonds. The Morgan fingerprint density at radius 1 is 1.41 bits per heavy atom. The minimum Gasteiger partial charge on any atom is -0.294 e. The lowest BCUT2D eigenvalue weighted by Crippen LogP contribution is -2.03. The number of carbonyl (C=O) groups is 1. The third kappa shape index (κ3) is 3.01. The van der Waals surface area contributed by atoms with Crippen molar-refractivity contribution in [3.63, 3.8) is 0 Å². The van der Waals surface area contributed by atoms with Crippen molar-refractivity contribution >= 4 is 33.0 Å². The number of halogens is 1. The van der Waals surface area contributed by atoms with Crippen molar-refractivity contribution in [2.45, 2.75) is 20.3 Å². The van der Waals surface area contributed by atoms with Crippen LogP contribution in [0.4, 0.5) is 0 Å². The highest BCUT2D eigenvalue weighted by Crippen LogP contribution is 2.19. The number of rotatable bonds is 3. The van der Waals surface area contributed by atoms with E-state index < -0.39 is 0 Å². The molecule has 0 spiro atoms. The summed E-state index contributed by atoms with van der Waals surface area (Å²) in [4.78, 5) is 17.6. The number of ketones is 1.